The molecule has 0 radical (unpaired) electrons. The lowest BCUT2D eigenvalue weighted by Gasteiger charge is -2.41. The molecule has 0 aromatic heterocycles. The largest absolute Gasteiger partial charge is 0.378 e. The number of hydrogen-bond donors (Lipinski definition) is 5. The minimum atomic E-state index is -0.444. The second kappa shape index (κ2) is 16.6. The monoisotopic (exact) mass is 707 g/mol. The third kappa shape index (κ3) is 8.41. The van der Waals surface area contributed by atoms with E-state index < -0.39 is 6.03 Å². The predicted molar refractivity (Wildman–Crippen MR) is 206 cm³/mol. The fourth-order valence-corrected chi connectivity index (χ4v) is 8.17. The zero-order valence-corrected chi connectivity index (χ0v) is 30.8. The fraction of sp³-hybridized carbons (Fsp3) is 0.463. The van der Waals surface area contributed by atoms with Crippen LogP contribution in [0.15, 0.2) is 72.8 Å². The summed E-state index contributed by atoms with van der Waals surface area (Å²) in [6.45, 7) is 7.90. The Morgan fingerprint density at radius 2 is 1.15 bits per heavy atom. The number of amides is 5. The maximum absolute atomic E-state index is 12.7. The summed E-state index contributed by atoms with van der Waals surface area (Å²) in [6.07, 6.45) is 6.20. The minimum Gasteiger partial charge on any atom is -0.378 e. The van der Waals surface area contributed by atoms with Crippen molar-refractivity contribution in [3.05, 3.63) is 83.9 Å². The number of hydrogen-bond acceptors (Lipinski definition) is 6. The topological polar surface area (TPSA) is 135 Å². The van der Waals surface area contributed by atoms with Gasteiger partial charge in [-0.2, -0.15) is 0 Å². The van der Waals surface area contributed by atoms with E-state index in [1.165, 1.54) is 5.56 Å². The summed E-state index contributed by atoms with van der Waals surface area (Å²) in [4.78, 5) is 54.6. The molecule has 3 aromatic rings. The highest BCUT2D eigenvalue weighted by Crippen LogP contribution is 2.40. The minimum absolute atomic E-state index is 0.0436. The number of nitrogens with zero attached hydrogens (tertiary/aromatic N) is 2. The molecule has 0 bridgehead atoms. The molecule has 11 heteroatoms. The van der Waals surface area contributed by atoms with E-state index in [-0.39, 0.29) is 54.5 Å². The lowest BCUT2D eigenvalue weighted by Crippen LogP contribution is -2.49. The van der Waals surface area contributed by atoms with Gasteiger partial charge >= 0.3 is 6.03 Å². The molecular weight excluding hydrogens is 654 g/mol. The van der Waals surface area contributed by atoms with E-state index in [0.717, 1.165) is 61.2 Å². The molecule has 1 saturated carbocycles. The molecule has 11 nitrogen and oxygen atoms in total. The Bertz CT molecular complexity index is 1740. The third-order valence-corrected chi connectivity index (χ3v) is 10.7. The molecule has 5 amide bonds. The highest BCUT2D eigenvalue weighted by atomic mass is 16.2. The van der Waals surface area contributed by atoms with E-state index in [0.29, 0.717) is 24.6 Å². The molecule has 3 aromatic carbocycles. The maximum atomic E-state index is 12.7. The van der Waals surface area contributed by atoms with Crippen molar-refractivity contribution >= 4 is 46.5 Å². The molecule has 3 aliphatic rings. The number of para-hydroxylation sites is 2. The molecule has 4 atom stereocenters. The average Bonchev–Trinajstić information content (AvgIpc) is 3.15. The summed E-state index contributed by atoms with van der Waals surface area (Å²) in [5.74, 6) is 0.0702. The van der Waals surface area contributed by atoms with Crippen LogP contribution >= 0.6 is 0 Å². The average molecular weight is 708 g/mol. The van der Waals surface area contributed by atoms with Crippen LogP contribution in [0.3, 0.4) is 0 Å². The van der Waals surface area contributed by atoms with Crippen LogP contribution in [0, 0.1) is 0 Å². The van der Waals surface area contributed by atoms with Crippen LogP contribution in [-0.2, 0) is 14.4 Å². The summed E-state index contributed by atoms with van der Waals surface area (Å²) in [7, 11) is 0. The van der Waals surface area contributed by atoms with Crippen molar-refractivity contribution in [2.75, 3.05) is 27.0 Å². The molecule has 2 heterocycles. The number of nitrogens with one attached hydrogen (secondary N) is 5. The molecule has 6 rings (SSSR count). The molecule has 0 saturated heterocycles. The first-order valence-corrected chi connectivity index (χ1v) is 18.9. The van der Waals surface area contributed by atoms with Crippen molar-refractivity contribution in [2.24, 2.45) is 0 Å². The second-order valence-corrected chi connectivity index (χ2v) is 14.4. The van der Waals surface area contributed by atoms with E-state index in [1.807, 2.05) is 84.3 Å². The number of urea groups is 1. The van der Waals surface area contributed by atoms with Gasteiger partial charge in [0, 0.05) is 65.8 Å². The highest BCUT2D eigenvalue weighted by molar-refractivity contribution is 5.96. The van der Waals surface area contributed by atoms with Crippen LogP contribution in [0.2, 0.25) is 0 Å². The molecule has 1 fully saturated rings. The number of fused-ring (bicyclic) bond motifs is 2. The van der Waals surface area contributed by atoms with Gasteiger partial charge in [0.05, 0.1) is 12.6 Å². The molecule has 5 N–H and O–H groups in total. The molecule has 276 valence electrons. The van der Waals surface area contributed by atoms with Gasteiger partial charge in [-0.05, 0) is 99.9 Å². The summed E-state index contributed by atoms with van der Waals surface area (Å²) in [5, 5.41) is 16.1. The van der Waals surface area contributed by atoms with Crippen LogP contribution in [0.25, 0.3) is 0 Å². The van der Waals surface area contributed by atoms with Crippen molar-refractivity contribution < 1.29 is 19.2 Å². The highest BCUT2D eigenvalue weighted by Gasteiger charge is 2.35. The number of anilines is 4. The lowest BCUT2D eigenvalue weighted by atomic mass is 9.87. The van der Waals surface area contributed by atoms with Crippen LogP contribution in [0.1, 0.15) is 102 Å². The molecule has 52 heavy (non-hydrogen) atoms. The standard InChI is InChI=1S/C41H53N7O4/c1-5-39(50)47-26(3)23-34(32-11-7-9-13-36(32)47)43-28-15-19-30(20-16-28)45-38(49)25-42-41(52)46-31-21-17-29(18-22-31)44-35-24-27(4)48(40(51)6-2)37-14-10-8-12-33(35)37/h7-14,17-18,21-22,26-28,30,34-35,43-44H,5-6,15-16,19-20,23-25H2,1-4H3,(H,45,49)(H2,42,46,52)/t26-,27-,28?,30?,34+,35+/m0/s1. The van der Waals surface area contributed by atoms with E-state index in [1.54, 1.807) is 0 Å². The quantitative estimate of drug-likeness (QED) is 0.158. The smallest absolute Gasteiger partial charge is 0.319 e. The Morgan fingerprint density at radius 1 is 0.654 bits per heavy atom. The first-order chi connectivity index (χ1) is 25.1. The summed E-state index contributed by atoms with van der Waals surface area (Å²) in [5.41, 5.74) is 5.74. The van der Waals surface area contributed by atoms with Gasteiger partial charge in [-0.15, -0.1) is 0 Å². The zero-order chi connectivity index (χ0) is 36.8. The summed E-state index contributed by atoms with van der Waals surface area (Å²) < 4.78 is 0. The summed E-state index contributed by atoms with van der Waals surface area (Å²) in [6, 6.07) is 24.1. The van der Waals surface area contributed by atoms with Crippen LogP contribution in [0.5, 0.6) is 0 Å². The predicted octanol–water partition coefficient (Wildman–Crippen LogP) is 6.79. The molecule has 2 aliphatic heterocycles. The Morgan fingerprint density at radius 3 is 1.73 bits per heavy atom. The fourth-order valence-electron chi connectivity index (χ4n) is 8.17. The lowest BCUT2D eigenvalue weighted by molar-refractivity contribution is -0.121. The van der Waals surface area contributed by atoms with Crippen molar-refractivity contribution in [3.8, 4) is 0 Å². The summed E-state index contributed by atoms with van der Waals surface area (Å²) >= 11 is 0. The second-order valence-electron chi connectivity index (χ2n) is 14.4. The number of rotatable bonds is 10. The number of carbonyl (C=O) groups excluding carboxylic acids is 4. The Kier molecular flexibility index (Phi) is 11.8. The first-order valence-electron chi connectivity index (χ1n) is 18.9. The van der Waals surface area contributed by atoms with Crippen molar-refractivity contribution in [2.45, 2.75) is 115 Å². The van der Waals surface area contributed by atoms with Gasteiger partial charge in [-0.1, -0.05) is 50.2 Å². The maximum Gasteiger partial charge on any atom is 0.319 e. The van der Waals surface area contributed by atoms with Gasteiger partial charge in [-0.3, -0.25) is 14.4 Å². The van der Waals surface area contributed by atoms with Gasteiger partial charge in [0.15, 0.2) is 0 Å². The van der Waals surface area contributed by atoms with Gasteiger partial charge in [0.1, 0.15) is 0 Å². The molecule has 0 spiro atoms. The SMILES string of the molecule is CCC(=O)N1c2ccccc2[C@H](Nc2ccc(NC(=O)NCC(=O)NC3CCC(N[C@@H]4C[C@H](C)N(C(=O)CC)c5ccccc54)CC3)cc2)C[C@@H]1C. The van der Waals surface area contributed by atoms with E-state index in [4.69, 9.17) is 0 Å². The van der Waals surface area contributed by atoms with Gasteiger partial charge in [0.25, 0.3) is 0 Å². The third-order valence-electron chi connectivity index (χ3n) is 10.7. The number of carbonyl (C=O) groups is 4. The van der Waals surface area contributed by atoms with Crippen LogP contribution in [0.4, 0.5) is 27.5 Å². The molecule has 0 unspecified atom stereocenters. The molecular formula is C41H53N7O4. The Balaban J connectivity index is 0.926. The van der Waals surface area contributed by atoms with Crippen molar-refractivity contribution in [3.63, 3.8) is 0 Å². The number of benzene rings is 3. The normalized spacial score (nSPS) is 23.8. The van der Waals surface area contributed by atoms with Gasteiger partial charge in [0.2, 0.25) is 17.7 Å². The van der Waals surface area contributed by atoms with Gasteiger partial charge in [-0.25, -0.2) is 4.79 Å². The molecule has 1 aliphatic carbocycles. The van der Waals surface area contributed by atoms with Crippen molar-refractivity contribution in [1.29, 1.82) is 0 Å². The van der Waals surface area contributed by atoms with Crippen LogP contribution in [-0.4, -0.2) is 54.5 Å². The Hall–Kier alpha value is -4.90. The van der Waals surface area contributed by atoms with E-state index in [2.05, 4.69) is 52.6 Å². The van der Waals surface area contributed by atoms with Gasteiger partial charge < -0.3 is 36.4 Å². The zero-order valence-electron chi connectivity index (χ0n) is 30.8. The van der Waals surface area contributed by atoms with E-state index in [9.17, 15) is 19.2 Å². The first kappa shape index (κ1) is 36.9. The van der Waals surface area contributed by atoms with Crippen molar-refractivity contribution in [1.82, 2.24) is 16.0 Å². The van der Waals surface area contributed by atoms with Crippen LogP contribution < -0.4 is 36.4 Å². The Labute approximate surface area is 307 Å². The van der Waals surface area contributed by atoms with E-state index >= 15 is 0 Å².